The fourth-order valence-electron chi connectivity index (χ4n) is 4.67. The first-order valence-electron chi connectivity index (χ1n) is 12.4. The Morgan fingerprint density at radius 1 is 1.00 bits per heavy atom. The minimum absolute atomic E-state index is 0.0577. The van der Waals surface area contributed by atoms with Crippen LogP contribution in [0.15, 0.2) is 59.4 Å². The number of aryl methyl sites for hydroxylation is 1. The molecule has 0 fully saturated rings. The molecule has 0 amide bonds. The topological polar surface area (TPSA) is 79.7 Å². The Morgan fingerprint density at radius 3 is 2.40 bits per heavy atom. The number of tetrazole rings is 1. The molecule has 0 saturated carbocycles. The van der Waals surface area contributed by atoms with Gasteiger partial charge in [0.25, 0.3) is 5.56 Å². The summed E-state index contributed by atoms with van der Waals surface area (Å²) in [5.74, 6) is 1.03. The molecule has 2 heterocycles. The lowest BCUT2D eigenvalue weighted by molar-refractivity contribution is 0.120. The van der Waals surface area contributed by atoms with Crippen LogP contribution in [0.1, 0.15) is 70.1 Å². The lowest BCUT2D eigenvalue weighted by Gasteiger charge is -2.35. The summed E-state index contributed by atoms with van der Waals surface area (Å²) >= 11 is 0. The maximum Gasteiger partial charge on any atom is 0.252 e. The second-order valence-electron chi connectivity index (χ2n) is 10.6. The molecule has 0 spiro atoms. The van der Waals surface area contributed by atoms with E-state index in [0.717, 1.165) is 28.7 Å². The van der Waals surface area contributed by atoms with Crippen LogP contribution in [0.2, 0.25) is 0 Å². The molecule has 4 rings (SSSR count). The predicted octanol–water partition coefficient (Wildman–Crippen LogP) is 5.23. The summed E-state index contributed by atoms with van der Waals surface area (Å²) in [5.41, 5.74) is 3.71. The van der Waals surface area contributed by atoms with Crippen LogP contribution < -0.4 is 5.56 Å². The van der Waals surface area contributed by atoms with Crippen LogP contribution in [0.4, 0.5) is 0 Å². The van der Waals surface area contributed by atoms with Crippen molar-refractivity contribution in [3.8, 4) is 0 Å². The van der Waals surface area contributed by atoms with Gasteiger partial charge < -0.3 is 4.98 Å². The van der Waals surface area contributed by atoms with Gasteiger partial charge in [0.2, 0.25) is 0 Å². The molecule has 1 atom stereocenters. The molecule has 2 aromatic carbocycles. The number of rotatable bonds is 8. The van der Waals surface area contributed by atoms with Gasteiger partial charge in [0.05, 0.1) is 11.6 Å². The average molecular weight is 473 g/mol. The molecular formula is C28H36N6O. The number of benzene rings is 2. The molecule has 0 unspecified atom stereocenters. The summed E-state index contributed by atoms with van der Waals surface area (Å²) in [7, 11) is 0. The number of hydrogen-bond acceptors (Lipinski definition) is 5. The van der Waals surface area contributed by atoms with Gasteiger partial charge in [-0.25, -0.2) is 4.68 Å². The van der Waals surface area contributed by atoms with E-state index >= 15 is 0 Å². The molecule has 0 bridgehead atoms. The Balaban J connectivity index is 1.80. The van der Waals surface area contributed by atoms with Crippen molar-refractivity contribution in [2.75, 3.05) is 0 Å². The number of nitrogens with one attached hydrogen (secondary N) is 1. The van der Waals surface area contributed by atoms with Crippen molar-refractivity contribution >= 4 is 10.9 Å². The number of aromatic amines is 1. The second kappa shape index (κ2) is 10.1. The smallest absolute Gasteiger partial charge is 0.252 e. The van der Waals surface area contributed by atoms with Gasteiger partial charge in [-0.1, -0.05) is 57.2 Å². The number of fused-ring (bicyclic) bond motifs is 1. The Morgan fingerprint density at radius 2 is 1.74 bits per heavy atom. The van der Waals surface area contributed by atoms with Gasteiger partial charge >= 0.3 is 0 Å². The largest absolute Gasteiger partial charge is 0.322 e. The van der Waals surface area contributed by atoms with Crippen LogP contribution in [0.3, 0.4) is 0 Å². The molecule has 7 heteroatoms. The van der Waals surface area contributed by atoms with E-state index in [2.05, 4.69) is 91.2 Å². The normalized spacial score (nSPS) is 13.1. The van der Waals surface area contributed by atoms with E-state index in [4.69, 9.17) is 0 Å². The van der Waals surface area contributed by atoms with Crippen LogP contribution in [0.5, 0.6) is 0 Å². The fourth-order valence-corrected chi connectivity index (χ4v) is 4.67. The van der Waals surface area contributed by atoms with Gasteiger partial charge in [-0.15, -0.1) is 5.10 Å². The minimum Gasteiger partial charge on any atom is -0.322 e. The molecule has 4 aromatic rings. The van der Waals surface area contributed by atoms with Crippen molar-refractivity contribution in [1.82, 2.24) is 30.1 Å². The van der Waals surface area contributed by atoms with Crippen molar-refractivity contribution in [1.29, 1.82) is 0 Å². The maximum atomic E-state index is 13.2. The highest BCUT2D eigenvalue weighted by atomic mass is 16.1. The van der Waals surface area contributed by atoms with Crippen molar-refractivity contribution in [3.05, 3.63) is 87.5 Å². The summed E-state index contributed by atoms with van der Waals surface area (Å²) in [4.78, 5) is 18.6. The van der Waals surface area contributed by atoms with Crippen molar-refractivity contribution in [3.63, 3.8) is 0 Å². The highest BCUT2D eigenvalue weighted by Gasteiger charge is 2.32. The van der Waals surface area contributed by atoms with E-state index in [0.29, 0.717) is 13.1 Å². The first kappa shape index (κ1) is 24.8. The Hall–Kier alpha value is -3.32. The van der Waals surface area contributed by atoms with Crippen molar-refractivity contribution in [2.24, 2.45) is 5.92 Å². The maximum absolute atomic E-state index is 13.2. The molecular weight excluding hydrogens is 436 g/mol. The molecule has 0 saturated heterocycles. The molecule has 0 aliphatic heterocycles. The SMILES string of the molecule is CCc1ccc2[nH]c(=O)c(CN(Cc3ccccc3)[C@H](c3nnnn3C(C)(C)C)C(C)C)cc2c1. The van der Waals surface area contributed by atoms with Gasteiger partial charge in [-0.2, -0.15) is 0 Å². The van der Waals surface area contributed by atoms with E-state index in [1.807, 2.05) is 35.0 Å². The molecule has 0 aliphatic rings. The molecule has 0 aliphatic carbocycles. The summed E-state index contributed by atoms with van der Waals surface area (Å²) in [5, 5.41) is 13.9. The molecule has 184 valence electrons. The summed E-state index contributed by atoms with van der Waals surface area (Å²) in [6.07, 6.45) is 0.954. The quantitative estimate of drug-likeness (QED) is 0.380. The molecule has 35 heavy (non-hydrogen) atoms. The average Bonchev–Trinajstić information content (AvgIpc) is 3.30. The third kappa shape index (κ3) is 5.51. The van der Waals surface area contributed by atoms with Crippen LogP contribution in [-0.4, -0.2) is 30.1 Å². The van der Waals surface area contributed by atoms with Crippen molar-refractivity contribution < 1.29 is 0 Å². The molecule has 7 nitrogen and oxygen atoms in total. The lowest BCUT2D eigenvalue weighted by atomic mass is 9.98. The Kier molecular flexibility index (Phi) is 7.17. The Bertz CT molecular complexity index is 1330. The standard InChI is InChI=1S/C28H36N6O/c1-7-20-13-14-24-22(15-20)16-23(27(35)29-24)18-33(17-21-11-9-8-10-12-21)25(19(2)3)26-30-31-32-34(26)28(4,5)6/h8-16,19,25H,7,17-18H2,1-6H3,(H,29,35)/t25-/m0/s1. The van der Waals surface area contributed by atoms with E-state index in [-0.39, 0.29) is 23.1 Å². The number of hydrogen-bond donors (Lipinski definition) is 1. The number of aromatic nitrogens is 5. The first-order valence-corrected chi connectivity index (χ1v) is 12.4. The van der Waals surface area contributed by atoms with E-state index in [1.165, 1.54) is 11.1 Å². The van der Waals surface area contributed by atoms with Crippen LogP contribution >= 0.6 is 0 Å². The zero-order valence-electron chi connectivity index (χ0n) is 21.6. The monoisotopic (exact) mass is 472 g/mol. The lowest BCUT2D eigenvalue weighted by Crippen LogP contribution is -2.37. The van der Waals surface area contributed by atoms with E-state index in [9.17, 15) is 4.79 Å². The predicted molar refractivity (Wildman–Crippen MR) is 140 cm³/mol. The van der Waals surface area contributed by atoms with E-state index < -0.39 is 0 Å². The number of H-pyrrole nitrogens is 1. The van der Waals surface area contributed by atoms with Gasteiger partial charge in [0.1, 0.15) is 0 Å². The molecule has 2 aromatic heterocycles. The number of nitrogens with zero attached hydrogens (tertiary/aromatic N) is 5. The summed E-state index contributed by atoms with van der Waals surface area (Å²) in [6.45, 7) is 14.0. The highest BCUT2D eigenvalue weighted by Crippen LogP contribution is 2.32. The Labute approximate surface area is 207 Å². The zero-order chi connectivity index (χ0) is 25.2. The van der Waals surface area contributed by atoms with Gasteiger partial charge in [0, 0.05) is 24.2 Å². The van der Waals surface area contributed by atoms with E-state index in [1.54, 1.807) is 0 Å². The minimum atomic E-state index is -0.263. The van der Waals surface area contributed by atoms with Gasteiger partial charge in [-0.05, 0) is 78.2 Å². The van der Waals surface area contributed by atoms with Crippen LogP contribution in [0, 0.1) is 5.92 Å². The van der Waals surface area contributed by atoms with Gasteiger partial charge in [-0.3, -0.25) is 9.69 Å². The second-order valence-corrected chi connectivity index (χ2v) is 10.6. The van der Waals surface area contributed by atoms with Crippen LogP contribution in [0.25, 0.3) is 10.9 Å². The highest BCUT2D eigenvalue weighted by molar-refractivity contribution is 5.79. The summed E-state index contributed by atoms with van der Waals surface area (Å²) < 4.78 is 1.91. The summed E-state index contributed by atoms with van der Waals surface area (Å²) in [6, 6.07) is 18.5. The molecule has 0 radical (unpaired) electrons. The van der Waals surface area contributed by atoms with Crippen LogP contribution in [-0.2, 0) is 25.0 Å². The van der Waals surface area contributed by atoms with Gasteiger partial charge in [0.15, 0.2) is 5.82 Å². The molecule has 1 N–H and O–H groups in total. The zero-order valence-corrected chi connectivity index (χ0v) is 21.6. The first-order chi connectivity index (χ1) is 16.7. The third-order valence-electron chi connectivity index (χ3n) is 6.41. The van der Waals surface area contributed by atoms with Crippen molar-refractivity contribution in [2.45, 2.75) is 72.6 Å². The number of pyridine rings is 1. The fraction of sp³-hybridized carbons (Fsp3) is 0.429. The third-order valence-corrected chi connectivity index (χ3v) is 6.41.